The maximum Gasteiger partial charge on any atom is 0.294 e. The van der Waals surface area contributed by atoms with E-state index in [0.717, 1.165) is 25.2 Å². The van der Waals surface area contributed by atoms with Gasteiger partial charge >= 0.3 is 0 Å². The first kappa shape index (κ1) is 13.6. The Labute approximate surface area is 111 Å². The molecule has 0 unspecified atom stereocenters. The van der Waals surface area contributed by atoms with Crippen LogP contribution in [-0.2, 0) is 16.7 Å². The molecule has 6 nitrogen and oxygen atoms in total. The molecule has 1 heterocycles. The third-order valence-corrected chi connectivity index (χ3v) is 3.50. The quantitative estimate of drug-likeness (QED) is 0.621. The highest BCUT2D eigenvalue weighted by molar-refractivity contribution is 7.85. The number of hydrogen-bond acceptors (Lipinski definition) is 4. The highest BCUT2D eigenvalue weighted by Crippen LogP contribution is 2.13. The van der Waals surface area contributed by atoms with Crippen molar-refractivity contribution < 1.29 is 13.0 Å². The minimum absolute atomic E-state index is 0.100. The summed E-state index contributed by atoms with van der Waals surface area (Å²) in [7, 11) is -4.11. The summed E-state index contributed by atoms with van der Waals surface area (Å²) in [5.41, 5.74) is 0.818. The van der Waals surface area contributed by atoms with Crippen molar-refractivity contribution in [2.45, 2.75) is 17.9 Å². The first-order chi connectivity index (χ1) is 9.05. The summed E-state index contributed by atoms with van der Waals surface area (Å²) in [4.78, 5) is 3.85. The van der Waals surface area contributed by atoms with Gasteiger partial charge < -0.3 is 9.88 Å². The van der Waals surface area contributed by atoms with Crippen molar-refractivity contribution in [1.29, 1.82) is 0 Å². The Morgan fingerprint density at radius 3 is 2.58 bits per heavy atom. The van der Waals surface area contributed by atoms with Crippen LogP contribution in [0.1, 0.15) is 6.42 Å². The summed E-state index contributed by atoms with van der Waals surface area (Å²) in [6.07, 6.45) is 6.33. The second-order valence-electron chi connectivity index (χ2n) is 4.08. The number of benzene rings is 1. The van der Waals surface area contributed by atoms with E-state index in [1.54, 1.807) is 24.7 Å². The number of anilines is 1. The number of hydrogen-bond donors (Lipinski definition) is 2. The molecule has 0 saturated carbocycles. The minimum atomic E-state index is -4.11. The third kappa shape index (κ3) is 4.08. The molecule has 19 heavy (non-hydrogen) atoms. The van der Waals surface area contributed by atoms with Crippen LogP contribution in [0.15, 0.2) is 47.9 Å². The highest BCUT2D eigenvalue weighted by atomic mass is 32.2. The molecular weight excluding hydrogens is 266 g/mol. The van der Waals surface area contributed by atoms with Gasteiger partial charge in [-0.2, -0.15) is 8.42 Å². The molecule has 0 atom stereocenters. The number of imidazole rings is 1. The zero-order chi connectivity index (χ0) is 13.7. The first-order valence-corrected chi connectivity index (χ1v) is 7.27. The van der Waals surface area contributed by atoms with E-state index >= 15 is 0 Å². The molecule has 0 aliphatic carbocycles. The molecule has 2 rings (SSSR count). The summed E-state index contributed by atoms with van der Waals surface area (Å²) in [5, 5.41) is 3.18. The summed E-state index contributed by atoms with van der Waals surface area (Å²) in [5.74, 6) is 0. The average Bonchev–Trinajstić information content (AvgIpc) is 2.87. The molecule has 1 aromatic carbocycles. The van der Waals surface area contributed by atoms with Gasteiger partial charge in [0.25, 0.3) is 10.1 Å². The molecule has 0 saturated heterocycles. The van der Waals surface area contributed by atoms with Crippen molar-refractivity contribution in [2.24, 2.45) is 0 Å². The summed E-state index contributed by atoms with van der Waals surface area (Å²) in [6.45, 7) is 1.64. The van der Waals surface area contributed by atoms with Crippen molar-refractivity contribution in [3.05, 3.63) is 43.0 Å². The normalized spacial score (nSPS) is 11.4. The van der Waals surface area contributed by atoms with Gasteiger partial charge in [-0.05, 0) is 30.7 Å². The number of nitrogens with one attached hydrogen (secondary N) is 1. The van der Waals surface area contributed by atoms with E-state index in [0.29, 0.717) is 0 Å². The van der Waals surface area contributed by atoms with Crippen molar-refractivity contribution in [3.63, 3.8) is 0 Å². The molecule has 1 aromatic heterocycles. The topological polar surface area (TPSA) is 84.2 Å². The van der Waals surface area contributed by atoms with Gasteiger partial charge in [-0.3, -0.25) is 4.55 Å². The van der Waals surface area contributed by atoms with Crippen molar-refractivity contribution in [2.75, 3.05) is 11.9 Å². The van der Waals surface area contributed by atoms with Gasteiger partial charge in [0.15, 0.2) is 0 Å². The molecule has 0 aliphatic rings. The van der Waals surface area contributed by atoms with Crippen LogP contribution in [0.4, 0.5) is 5.69 Å². The standard InChI is InChI=1S/C12H15N3O3S/c16-19(17,18)12-4-2-11(3-5-12)14-6-1-8-15-9-7-13-10-15/h2-5,7,9-10,14H,1,6,8H2,(H,16,17,18). The SMILES string of the molecule is O=S(=O)(O)c1ccc(NCCCn2ccnc2)cc1. The molecule has 0 spiro atoms. The van der Waals surface area contributed by atoms with Crippen LogP contribution in [0.3, 0.4) is 0 Å². The van der Waals surface area contributed by atoms with Crippen LogP contribution in [0.5, 0.6) is 0 Å². The zero-order valence-corrected chi connectivity index (χ0v) is 11.0. The monoisotopic (exact) mass is 281 g/mol. The van der Waals surface area contributed by atoms with E-state index in [4.69, 9.17) is 4.55 Å². The van der Waals surface area contributed by atoms with Crippen molar-refractivity contribution in [3.8, 4) is 0 Å². The highest BCUT2D eigenvalue weighted by Gasteiger charge is 2.07. The maximum atomic E-state index is 10.9. The first-order valence-electron chi connectivity index (χ1n) is 5.83. The van der Waals surface area contributed by atoms with Gasteiger partial charge in [-0.15, -0.1) is 0 Å². The van der Waals surface area contributed by atoms with Crippen LogP contribution in [0, 0.1) is 0 Å². The van der Waals surface area contributed by atoms with Crippen LogP contribution >= 0.6 is 0 Å². The van der Waals surface area contributed by atoms with Gasteiger partial charge in [0.1, 0.15) is 0 Å². The minimum Gasteiger partial charge on any atom is -0.385 e. The molecule has 0 radical (unpaired) electrons. The van der Waals surface area contributed by atoms with Crippen LogP contribution in [0.2, 0.25) is 0 Å². The lowest BCUT2D eigenvalue weighted by Crippen LogP contribution is -2.06. The van der Waals surface area contributed by atoms with Crippen molar-refractivity contribution in [1.82, 2.24) is 9.55 Å². The average molecular weight is 281 g/mol. The van der Waals surface area contributed by atoms with E-state index in [-0.39, 0.29) is 4.90 Å². The zero-order valence-electron chi connectivity index (χ0n) is 10.2. The summed E-state index contributed by atoms with van der Waals surface area (Å²) >= 11 is 0. The molecule has 0 bridgehead atoms. The molecular formula is C12H15N3O3S. The fourth-order valence-corrected chi connectivity index (χ4v) is 2.14. The van der Waals surface area contributed by atoms with Gasteiger partial charge in [-0.25, -0.2) is 4.98 Å². The Hall–Kier alpha value is -1.86. The lowest BCUT2D eigenvalue weighted by molar-refractivity contribution is 0.483. The van der Waals surface area contributed by atoms with Gasteiger partial charge in [0.2, 0.25) is 0 Å². The van der Waals surface area contributed by atoms with Crippen LogP contribution in [0.25, 0.3) is 0 Å². The van der Waals surface area contributed by atoms with Crippen molar-refractivity contribution >= 4 is 15.8 Å². The Balaban J connectivity index is 1.80. The fraction of sp³-hybridized carbons (Fsp3) is 0.250. The molecule has 2 N–H and O–H groups in total. The molecule has 0 amide bonds. The third-order valence-electron chi connectivity index (χ3n) is 2.63. The number of aryl methyl sites for hydroxylation is 1. The molecule has 7 heteroatoms. The number of aromatic nitrogens is 2. The predicted molar refractivity (Wildman–Crippen MR) is 71.6 cm³/mol. The molecule has 0 fully saturated rings. The lowest BCUT2D eigenvalue weighted by atomic mass is 10.3. The van der Waals surface area contributed by atoms with E-state index in [9.17, 15) is 8.42 Å². The second-order valence-corrected chi connectivity index (χ2v) is 5.50. The summed E-state index contributed by atoms with van der Waals surface area (Å²) < 4.78 is 32.6. The van der Waals surface area contributed by atoms with Gasteiger partial charge in [0, 0.05) is 31.2 Å². The Kier molecular flexibility index (Phi) is 4.18. The predicted octanol–water partition coefficient (Wildman–Crippen LogP) is 1.63. The molecule has 2 aromatic rings. The van der Waals surface area contributed by atoms with E-state index in [2.05, 4.69) is 10.3 Å². The largest absolute Gasteiger partial charge is 0.385 e. The Morgan fingerprint density at radius 2 is 2.00 bits per heavy atom. The smallest absolute Gasteiger partial charge is 0.294 e. The number of rotatable bonds is 6. The van der Waals surface area contributed by atoms with E-state index in [1.807, 2.05) is 10.8 Å². The van der Waals surface area contributed by atoms with Crippen LogP contribution in [-0.4, -0.2) is 29.1 Å². The molecule has 0 aliphatic heterocycles. The molecule has 102 valence electrons. The van der Waals surface area contributed by atoms with Gasteiger partial charge in [0.05, 0.1) is 11.2 Å². The fourth-order valence-electron chi connectivity index (χ4n) is 1.66. The van der Waals surface area contributed by atoms with E-state index < -0.39 is 10.1 Å². The Morgan fingerprint density at radius 1 is 1.26 bits per heavy atom. The van der Waals surface area contributed by atoms with Crippen LogP contribution < -0.4 is 5.32 Å². The summed E-state index contributed by atoms with van der Waals surface area (Å²) in [6, 6.07) is 5.99. The van der Waals surface area contributed by atoms with Gasteiger partial charge in [-0.1, -0.05) is 0 Å². The number of nitrogens with zero attached hydrogens (tertiary/aromatic N) is 2. The second kappa shape index (κ2) is 5.85. The lowest BCUT2D eigenvalue weighted by Gasteiger charge is -2.07. The van der Waals surface area contributed by atoms with E-state index in [1.165, 1.54) is 12.1 Å². The maximum absolute atomic E-state index is 10.9. The Bertz CT molecular complexity index is 606.